The van der Waals surface area contributed by atoms with E-state index in [4.69, 9.17) is 5.11 Å². The highest BCUT2D eigenvalue weighted by Gasteiger charge is 2.35. The largest absolute Gasteiger partial charge is 0.481 e. The van der Waals surface area contributed by atoms with Gasteiger partial charge in [0.25, 0.3) is 0 Å². The van der Waals surface area contributed by atoms with Gasteiger partial charge in [-0.3, -0.25) is 14.4 Å². The molecule has 6 nitrogen and oxygen atoms in total. The Labute approximate surface area is 125 Å². The lowest BCUT2D eigenvalue weighted by atomic mass is 10.0. The minimum absolute atomic E-state index is 0.0301. The van der Waals surface area contributed by atoms with Crippen molar-refractivity contribution < 1.29 is 19.5 Å². The van der Waals surface area contributed by atoms with Crippen LogP contribution in [0.4, 0.5) is 0 Å². The maximum Gasteiger partial charge on any atom is 0.308 e. The highest BCUT2D eigenvalue weighted by molar-refractivity contribution is 5.88. The Hall–Kier alpha value is -1.59. The first-order valence-corrected chi connectivity index (χ1v) is 7.53. The first-order chi connectivity index (χ1) is 9.72. The lowest BCUT2D eigenvalue weighted by Crippen LogP contribution is -2.51. The number of carboxylic acid groups (broad SMARTS) is 1. The van der Waals surface area contributed by atoms with Crippen LogP contribution in [0.3, 0.4) is 0 Å². The predicted octanol–water partition coefficient (Wildman–Crippen LogP) is 1.11. The van der Waals surface area contributed by atoms with Gasteiger partial charge in [-0.15, -0.1) is 0 Å². The maximum absolute atomic E-state index is 12.5. The van der Waals surface area contributed by atoms with Gasteiger partial charge in [-0.2, -0.15) is 0 Å². The number of likely N-dealkylation sites (tertiary alicyclic amines) is 1. The quantitative estimate of drug-likeness (QED) is 0.769. The molecule has 0 bridgehead atoms. The van der Waals surface area contributed by atoms with Crippen LogP contribution < -0.4 is 5.32 Å². The molecule has 1 aliphatic heterocycles. The molecule has 1 saturated heterocycles. The summed E-state index contributed by atoms with van der Waals surface area (Å²) in [6, 6.07) is -0.580. The van der Waals surface area contributed by atoms with Crippen molar-refractivity contribution in [3.05, 3.63) is 0 Å². The maximum atomic E-state index is 12.5. The van der Waals surface area contributed by atoms with E-state index in [1.165, 1.54) is 0 Å². The van der Waals surface area contributed by atoms with E-state index in [-0.39, 0.29) is 30.2 Å². The molecule has 0 aromatic carbocycles. The summed E-state index contributed by atoms with van der Waals surface area (Å²) < 4.78 is 0. The molecular weight excluding hydrogens is 272 g/mol. The van der Waals surface area contributed by atoms with E-state index < -0.39 is 17.9 Å². The fourth-order valence-corrected chi connectivity index (χ4v) is 2.48. The lowest BCUT2D eigenvalue weighted by molar-refractivity contribution is -0.142. The van der Waals surface area contributed by atoms with Gasteiger partial charge in [0.2, 0.25) is 11.8 Å². The summed E-state index contributed by atoms with van der Waals surface area (Å²) in [5.41, 5.74) is 0. The fourth-order valence-electron chi connectivity index (χ4n) is 2.48. The van der Waals surface area contributed by atoms with Crippen molar-refractivity contribution in [3.8, 4) is 0 Å². The Balaban J connectivity index is 2.66. The van der Waals surface area contributed by atoms with Gasteiger partial charge >= 0.3 is 5.97 Å². The second-order valence-corrected chi connectivity index (χ2v) is 6.50. The molecule has 1 aliphatic rings. The summed E-state index contributed by atoms with van der Waals surface area (Å²) in [6.45, 7) is 8.33. The summed E-state index contributed by atoms with van der Waals surface area (Å²) >= 11 is 0. The molecule has 0 spiro atoms. The third-order valence-electron chi connectivity index (χ3n) is 3.69. The standard InChI is InChI=1S/C15H26N2O4/c1-9(2)7-12(18)16-13(10(3)4)14(19)17-6-5-11(8-17)15(20)21/h9-11,13H,5-8H2,1-4H3,(H,16,18)(H,20,21). The summed E-state index contributed by atoms with van der Waals surface area (Å²) in [6.07, 6.45) is 0.861. The Bertz CT molecular complexity index is 406. The van der Waals surface area contributed by atoms with Crippen molar-refractivity contribution in [2.24, 2.45) is 17.8 Å². The zero-order chi connectivity index (χ0) is 16.2. The highest BCUT2D eigenvalue weighted by atomic mass is 16.4. The molecular formula is C15H26N2O4. The molecule has 120 valence electrons. The van der Waals surface area contributed by atoms with Gasteiger partial charge in [-0.25, -0.2) is 0 Å². The van der Waals surface area contributed by atoms with Crippen molar-refractivity contribution in [2.45, 2.75) is 46.6 Å². The zero-order valence-electron chi connectivity index (χ0n) is 13.3. The van der Waals surface area contributed by atoms with Crippen LogP contribution in [0.5, 0.6) is 0 Å². The molecule has 21 heavy (non-hydrogen) atoms. The Morgan fingerprint density at radius 3 is 2.29 bits per heavy atom. The predicted molar refractivity (Wildman–Crippen MR) is 78.5 cm³/mol. The van der Waals surface area contributed by atoms with Crippen LogP contribution in [0.2, 0.25) is 0 Å². The smallest absolute Gasteiger partial charge is 0.308 e. The molecule has 2 unspecified atom stereocenters. The number of nitrogens with zero attached hydrogens (tertiary/aromatic N) is 1. The molecule has 2 atom stereocenters. The van der Waals surface area contributed by atoms with Crippen molar-refractivity contribution in [1.29, 1.82) is 0 Å². The Kier molecular flexibility index (Phi) is 6.18. The number of amides is 2. The van der Waals surface area contributed by atoms with Gasteiger partial charge in [0.1, 0.15) is 6.04 Å². The Morgan fingerprint density at radius 2 is 1.86 bits per heavy atom. The number of carbonyl (C=O) groups excluding carboxylic acids is 2. The van der Waals surface area contributed by atoms with E-state index in [0.29, 0.717) is 19.4 Å². The van der Waals surface area contributed by atoms with E-state index >= 15 is 0 Å². The van der Waals surface area contributed by atoms with E-state index in [1.54, 1.807) is 4.90 Å². The van der Waals surface area contributed by atoms with Gasteiger partial charge in [0.15, 0.2) is 0 Å². The van der Waals surface area contributed by atoms with Crippen LogP contribution in [0.25, 0.3) is 0 Å². The van der Waals surface area contributed by atoms with Crippen LogP contribution >= 0.6 is 0 Å². The van der Waals surface area contributed by atoms with Gasteiger partial charge in [0.05, 0.1) is 5.92 Å². The molecule has 0 radical (unpaired) electrons. The summed E-state index contributed by atoms with van der Waals surface area (Å²) in [5, 5.41) is 11.8. The Morgan fingerprint density at radius 1 is 1.24 bits per heavy atom. The molecule has 1 heterocycles. The molecule has 0 aliphatic carbocycles. The third-order valence-corrected chi connectivity index (χ3v) is 3.69. The monoisotopic (exact) mass is 298 g/mol. The van der Waals surface area contributed by atoms with E-state index in [2.05, 4.69) is 5.32 Å². The minimum Gasteiger partial charge on any atom is -0.481 e. The molecule has 1 fully saturated rings. The summed E-state index contributed by atoms with van der Waals surface area (Å²) in [4.78, 5) is 36.9. The molecule has 6 heteroatoms. The van der Waals surface area contributed by atoms with Crippen LogP contribution in [0.15, 0.2) is 0 Å². The molecule has 0 saturated carbocycles. The van der Waals surface area contributed by atoms with E-state index in [0.717, 1.165) is 0 Å². The number of hydrogen-bond acceptors (Lipinski definition) is 3. The molecule has 0 aromatic heterocycles. The van der Waals surface area contributed by atoms with Crippen LogP contribution in [-0.2, 0) is 14.4 Å². The normalized spacial score (nSPS) is 19.9. The van der Waals surface area contributed by atoms with Gasteiger partial charge in [0, 0.05) is 19.5 Å². The third kappa shape index (κ3) is 5.02. The lowest BCUT2D eigenvalue weighted by Gasteiger charge is -2.27. The number of hydrogen-bond donors (Lipinski definition) is 2. The summed E-state index contributed by atoms with van der Waals surface area (Å²) in [7, 11) is 0. The number of aliphatic carboxylic acids is 1. The van der Waals surface area contributed by atoms with Gasteiger partial charge in [-0.05, 0) is 18.3 Å². The van der Waals surface area contributed by atoms with Crippen molar-refractivity contribution in [3.63, 3.8) is 0 Å². The van der Waals surface area contributed by atoms with Crippen LogP contribution in [0, 0.1) is 17.8 Å². The SMILES string of the molecule is CC(C)CC(=O)NC(C(=O)N1CCC(C(=O)O)C1)C(C)C. The number of carbonyl (C=O) groups is 3. The number of rotatable bonds is 6. The van der Waals surface area contributed by atoms with Crippen molar-refractivity contribution in [2.75, 3.05) is 13.1 Å². The topological polar surface area (TPSA) is 86.7 Å². The molecule has 1 rings (SSSR count). The average molecular weight is 298 g/mol. The fraction of sp³-hybridized carbons (Fsp3) is 0.800. The minimum atomic E-state index is -0.866. The molecule has 0 aromatic rings. The van der Waals surface area contributed by atoms with Gasteiger partial charge < -0.3 is 15.3 Å². The molecule has 2 N–H and O–H groups in total. The number of nitrogens with one attached hydrogen (secondary N) is 1. The highest BCUT2D eigenvalue weighted by Crippen LogP contribution is 2.19. The molecule has 2 amide bonds. The van der Waals surface area contributed by atoms with Crippen LogP contribution in [0.1, 0.15) is 40.5 Å². The first kappa shape index (κ1) is 17.5. The second kappa shape index (κ2) is 7.43. The van der Waals surface area contributed by atoms with Crippen LogP contribution in [-0.4, -0.2) is 46.9 Å². The van der Waals surface area contributed by atoms with E-state index in [9.17, 15) is 14.4 Å². The first-order valence-electron chi connectivity index (χ1n) is 7.53. The van der Waals surface area contributed by atoms with Gasteiger partial charge in [-0.1, -0.05) is 27.7 Å². The average Bonchev–Trinajstić information content (AvgIpc) is 2.83. The summed E-state index contributed by atoms with van der Waals surface area (Å²) in [5.74, 6) is -1.46. The zero-order valence-corrected chi connectivity index (χ0v) is 13.3. The van der Waals surface area contributed by atoms with Crippen molar-refractivity contribution >= 4 is 17.8 Å². The van der Waals surface area contributed by atoms with Crippen molar-refractivity contribution in [1.82, 2.24) is 10.2 Å². The van der Waals surface area contributed by atoms with E-state index in [1.807, 2.05) is 27.7 Å². The second-order valence-electron chi connectivity index (χ2n) is 6.50. The number of carboxylic acids is 1.